The summed E-state index contributed by atoms with van der Waals surface area (Å²) in [6.45, 7) is 6.64. The van der Waals surface area contributed by atoms with Crippen molar-refractivity contribution < 1.29 is 4.79 Å². The molecule has 1 rings (SSSR count). The summed E-state index contributed by atoms with van der Waals surface area (Å²) in [7, 11) is 0. The van der Waals surface area contributed by atoms with E-state index in [0.717, 1.165) is 37.8 Å². The van der Waals surface area contributed by atoms with Crippen molar-refractivity contribution >= 4 is 5.91 Å². The van der Waals surface area contributed by atoms with Crippen LogP contribution in [0.3, 0.4) is 0 Å². The zero-order chi connectivity index (χ0) is 12.7. The zero-order valence-electron chi connectivity index (χ0n) is 11.2. The average Bonchev–Trinajstić information content (AvgIpc) is 2.30. The Hall–Kier alpha value is -0.610. The second kappa shape index (κ2) is 7.67. The van der Waals surface area contributed by atoms with E-state index in [1.807, 2.05) is 4.90 Å². The van der Waals surface area contributed by atoms with E-state index >= 15 is 0 Å². The third kappa shape index (κ3) is 5.50. The van der Waals surface area contributed by atoms with E-state index in [9.17, 15) is 4.79 Å². The molecule has 3 N–H and O–H groups in total. The maximum absolute atomic E-state index is 11.6. The van der Waals surface area contributed by atoms with Crippen LogP contribution in [0.25, 0.3) is 0 Å². The van der Waals surface area contributed by atoms with Gasteiger partial charge in [-0.15, -0.1) is 0 Å². The Bertz CT molecular complexity index is 223. The summed E-state index contributed by atoms with van der Waals surface area (Å²) in [5.74, 6) is 6.93. The molecule has 1 amide bonds. The largest absolute Gasteiger partial charge is 0.342 e. The van der Waals surface area contributed by atoms with Crippen LogP contribution in [-0.2, 0) is 4.79 Å². The van der Waals surface area contributed by atoms with Crippen molar-refractivity contribution in [1.29, 1.82) is 0 Å². The van der Waals surface area contributed by atoms with Gasteiger partial charge in [0.25, 0.3) is 0 Å². The van der Waals surface area contributed by atoms with E-state index in [1.54, 1.807) is 0 Å². The van der Waals surface area contributed by atoms with Gasteiger partial charge in [-0.05, 0) is 24.7 Å². The van der Waals surface area contributed by atoms with Crippen LogP contribution in [0.15, 0.2) is 0 Å². The molecule has 0 unspecified atom stereocenters. The lowest BCUT2D eigenvalue weighted by Gasteiger charge is -2.32. The lowest BCUT2D eigenvalue weighted by molar-refractivity contribution is -0.131. The predicted molar refractivity (Wildman–Crippen MR) is 70.2 cm³/mol. The smallest absolute Gasteiger partial charge is 0.237 e. The molecule has 100 valence electrons. The van der Waals surface area contributed by atoms with Crippen LogP contribution >= 0.6 is 0 Å². The van der Waals surface area contributed by atoms with Gasteiger partial charge in [0.05, 0.1) is 6.54 Å². The molecule has 4 nitrogen and oxygen atoms in total. The van der Waals surface area contributed by atoms with E-state index in [2.05, 4.69) is 19.3 Å². The number of piperidine rings is 1. The number of hydrogen-bond acceptors (Lipinski definition) is 3. The summed E-state index contributed by atoms with van der Waals surface area (Å²) in [5.41, 5.74) is 2.43. The molecule has 1 saturated heterocycles. The van der Waals surface area contributed by atoms with Crippen molar-refractivity contribution in [2.45, 2.75) is 46.0 Å². The van der Waals surface area contributed by atoms with Crippen LogP contribution in [-0.4, -0.2) is 30.4 Å². The number of hydrogen-bond donors (Lipinski definition) is 2. The first-order chi connectivity index (χ1) is 8.13. The van der Waals surface area contributed by atoms with Crippen LogP contribution in [0, 0.1) is 11.8 Å². The van der Waals surface area contributed by atoms with Gasteiger partial charge < -0.3 is 4.90 Å². The second-order valence-corrected chi connectivity index (χ2v) is 5.53. The summed E-state index contributed by atoms with van der Waals surface area (Å²) in [4.78, 5) is 13.5. The quantitative estimate of drug-likeness (QED) is 0.547. The highest BCUT2D eigenvalue weighted by molar-refractivity contribution is 5.78. The molecule has 0 bridgehead atoms. The number of nitrogens with one attached hydrogen (secondary N) is 1. The van der Waals surface area contributed by atoms with Gasteiger partial charge in [0, 0.05) is 13.1 Å². The van der Waals surface area contributed by atoms with Gasteiger partial charge in [-0.25, -0.2) is 0 Å². The zero-order valence-corrected chi connectivity index (χ0v) is 11.2. The fourth-order valence-corrected chi connectivity index (χ4v) is 2.48. The minimum Gasteiger partial charge on any atom is -0.342 e. The molecule has 1 aliphatic rings. The first kappa shape index (κ1) is 14.5. The molecule has 17 heavy (non-hydrogen) atoms. The molecule has 1 aliphatic heterocycles. The monoisotopic (exact) mass is 241 g/mol. The number of likely N-dealkylation sites (tertiary alicyclic amines) is 1. The van der Waals surface area contributed by atoms with Crippen molar-refractivity contribution in [1.82, 2.24) is 10.3 Å². The molecule has 1 heterocycles. The normalized spacial score (nSPS) is 17.8. The SMILES string of the molecule is CC(C)CCCC1CCN(C(=O)CNN)CC1. The Balaban J connectivity index is 2.15. The van der Waals surface area contributed by atoms with E-state index in [0.29, 0.717) is 0 Å². The Morgan fingerprint density at radius 3 is 2.59 bits per heavy atom. The van der Waals surface area contributed by atoms with Gasteiger partial charge in [-0.2, -0.15) is 0 Å². The molecule has 4 heteroatoms. The maximum Gasteiger partial charge on any atom is 0.237 e. The van der Waals surface area contributed by atoms with Gasteiger partial charge in [0.2, 0.25) is 5.91 Å². The van der Waals surface area contributed by atoms with Gasteiger partial charge >= 0.3 is 0 Å². The summed E-state index contributed by atoms with van der Waals surface area (Å²) < 4.78 is 0. The fourth-order valence-electron chi connectivity index (χ4n) is 2.48. The first-order valence-corrected chi connectivity index (χ1v) is 6.84. The van der Waals surface area contributed by atoms with Crippen molar-refractivity contribution in [3.63, 3.8) is 0 Å². The molecular formula is C13H27N3O. The summed E-state index contributed by atoms with van der Waals surface area (Å²) in [6, 6.07) is 0. The Labute approximate surface area is 105 Å². The summed E-state index contributed by atoms with van der Waals surface area (Å²) >= 11 is 0. The van der Waals surface area contributed by atoms with Gasteiger partial charge in [0.15, 0.2) is 0 Å². The molecule has 0 aromatic rings. The number of rotatable bonds is 6. The standard InChI is InChI=1S/C13H27N3O/c1-11(2)4-3-5-12-6-8-16(9-7-12)13(17)10-15-14/h11-12,15H,3-10,14H2,1-2H3. The van der Waals surface area contributed by atoms with Crippen LogP contribution in [0.5, 0.6) is 0 Å². The third-order valence-corrected chi connectivity index (χ3v) is 3.61. The van der Waals surface area contributed by atoms with Gasteiger partial charge in [-0.1, -0.05) is 33.1 Å². The maximum atomic E-state index is 11.6. The minimum absolute atomic E-state index is 0.133. The lowest BCUT2D eigenvalue weighted by Crippen LogP contribution is -2.44. The summed E-state index contributed by atoms with van der Waals surface area (Å²) in [5, 5.41) is 0. The van der Waals surface area contributed by atoms with Crippen LogP contribution < -0.4 is 11.3 Å². The number of amides is 1. The fraction of sp³-hybridized carbons (Fsp3) is 0.923. The molecular weight excluding hydrogens is 214 g/mol. The van der Waals surface area contributed by atoms with E-state index in [-0.39, 0.29) is 12.5 Å². The Kier molecular flexibility index (Phi) is 6.52. The summed E-state index contributed by atoms with van der Waals surface area (Å²) in [6.07, 6.45) is 6.31. The number of carbonyl (C=O) groups excluding carboxylic acids is 1. The molecule has 0 radical (unpaired) electrons. The molecule has 0 aromatic heterocycles. The molecule has 0 spiro atoms. The molecule has 0 atom stereocenters. The number of hydrazine groups is 1. The van der Waals surface area contributed by atoms with Crippen molar-refractivity contribution in [2.75, 3.05) is 19.6 Å². The first-order valence-electron chi connectivity index (χ1n) is 6.84. The predicted octanol–water partition coefficient (Wildman–Crippen LogP) is 1.51. The molecule has 1 fully saturated rings. The van der Waals surface area contributed by atoms with Crippen molar-refractivity contribution in [3.8, 4) is 0 Å². The number of nitrogens with zero attached hydrogens (tertiary/aromatic N) is 1. The van der Waals surface area contributed by atoms with E-state index < -0.39 is 0 Å². The van der Waals surface area contributed by atoms with E-state index in [4.69, 9.17) is 5.84 Å². The highest BCUT2D eigenvalue weighted by atomic mass is 16.2. The minimum atomic E-state index is 0.133. The molecule has 0 aliphatic carbocycles. The van der Waals surface area contributed by atoms with Crippen LogP contribution in [0.4, 0.5) is 0 Å². The van der Waals surface area contributed by atoms with Crippen molar-refractivity contribution in [3.05, 3.63) is 0 Å². The Morgan fingerprint density at radius 1 is 1.41 bits per heavy atom. The highest BCUT2D eigenvalue weighted by Gasteiger charge is 2.21. The topological polar surface area (TPSA) is 58.4 Å². The highest BCUT2D eigenvalue weighted by Crippen LogP contribution is 2.23. The van der Waals surface area contributed by atoms with E-state index in [1.165, 1.54) is 19.3 Å². The van der Waals surface area contributed by atoms with Crippen LogP contribution in [0.1, 0.15) is 46.0 Å². The van der Waals surface area contributed by atoms with Gasteiger partial charge in [-0.3, -0.25) is 16.1 Å². The third-order valence-electron chi connectivity index (χ3n) is 3.61. The lowest BCUT2D eigenvalue weighted by atomic mass is 9.90. The van der Waals surface area contributed by atoms with Gasteiger partial charge in [0.1, 0.15) is 0 Å². The molecule has 0 aromatic carbocycles. The molecule has 0 saturated carbocycles. The number of nitrogens with two attached hydrogens (primary N) is 1. The Morgan fingerprint density at radius 2 is 2.06 bits per heavy atom. The van der Waals surface area contributed by atoms with Crippen molar-refractivity contribution in [2.24, 2.45) is 17.7 Å². The average molecular weight is 241 g/mol. The second-order valence-electron chi connectivity index (χ2n) is 5.53. The number of carbonyl (C=O) groups is 1. The van der Waals surface area contributed by atoms with Crippen LogP contribution in [0.2, 0.25) is 0 Å².